The van der Waals surface area contributed by atoms with Crippen LogP contribution in [0.25, 0.3) is 0 Å². The van der Waals surface area contributed by atoms with Gasteiger partial charge in [0, 0.05) is 12.2 Å². The number of amides is 3. The molecule has 0 aromatic heterocycles. The molecule has 0 aliphatic carbocycles. The van der Waals surface area contributed by atoms with Crippen LogP contribution in [0, 0.1) is 5.41 Å². The van der Waals surface area contributed by atoms with E-state index in [2.05, 4.69) is 17.6 Å². The Kier molecular flexibility index (Phi) is 7.95. The molecule has 3 amide bonds. The molecular weight excluding hydrogens is 428 g/mol. The van der Waals surface area contributed by atoms with Gasteiger partial charge in [0.1, 0.15) is 22.9 Å². The monoisotopic (exact) mass is 458 g/mol. The number of nitrogens with one attached hydrogen (secondary N) is 3. The van der Waals surface area contributed by atoms with Crippen molar-refractivity contribution in [3.8, 4) is 5.75 Å². The number of hydrogen-bond donors (Lipinski definition) is 3. The summed E-state index contributed by atoms with van der Waals surface area (Å²) in [4.78, 5) is 39.0. The molecule has 32 heavy (non-hydrogen) atoms. The van der Waals surface area contributed by atoms with Gasteiger partial charge < -0.3 is 15.4 Å². The van der Waals surface area contributed by atoms with Crippen molar-refractivity contribution in [1.82, 2.24) is 15.5 Å². The first-order chi connectivity index (χ1) is 15.3. The Hall–Kier alpha value is -2.81. The summed E-state index contributed by atoms with van der Waals surface area (Å²) in [5.74, 6) is 0.482. The van der Waals surface area contributed by atoms with E-state index >= 15 is 0 Å². The van der Waals surface area contributed by atoms with Crippen LogP contribution >= 0.6 is 11.8 Å². The minimum Gasteiger partial charge on any atom is -0.494 e. The van der Waals surface area contributed by atoms with Crippen LogP contribution in [0.3, 0.4) is 0 Å². The average Bonchev–Trinajstić information content (AvgIpc) is 2.76. The molecule has 0 saturated carbocycles. The Morgan fingerprint density at radius 3 is 2.66 bits per heavy atom. The van der Waals surface area contributed by atoms with Gasteiger partial charge in [-0.2, -0.15) is 0 Å². The Morgan fingerprint density at radius 2 is 2.00 bits per heavy atom. The van der Waals surface area contributed by atoms with Crippen LogP contribution in [-0.4, -0.2) is 52.2 Å². The lowest BCUT2D eigenvalue weighted by molar-refractivity contribution is -0.147. The lowest BCUT2D eigenvalue weighted by Crippen LogP contribution is -2.71. The van der Waals surface area contributed by atoms with Crippen molar-refractivity contribution in [2.75, 3.05) is 12.4 Å². The third-order valence-corrected chi connectivity index (χ3v) is 6.75. The fraction of sp³-hybridized carbons (Fsp3) is 0.478. The zero-order valence-corrected chi connectivity index (χ0v) is 19.5. The van der Waals surface area contributed by atoms with Gasteiger partial charge in [0.15, 0.2) is 0 Å². The number of aryl methyl sites for hydroxylation is 1. The molecule has 3 N–H and O–H groups in total. The van der Waals surface area contributed by atoms with E-state index < -0.39 is 11.9 Å². The highest BCUT2D eigenvalue weighted by Gasteiger charge is 2.53. The van der Waals surface area contributed by atoms with Crippen molar-refractivity contribution < 1.29 is 19.1 Å². The van der Waals surface area contributed by atoms with Crippen LogP contribution in [0.2, 0.25) is 0 Å². The largest absolute Gasteiger partial charge is 0.494 e. The summed E-state index contributed by atoms with van der Waals surface area (Å²) in [7, 11) is 0. The van der Waals surface area contributed by atoms with E-state index in [1.165, 1.54) is 23.6 Å². The second-order valence-electron chi connectivity index (χ2n) is 8.01. The fourth-order valence-electron chi connectivity index (χ4n) is 3.61. The molecule has 172 valence electrons. The molecule has 8 nitrogen and oxygen atoms in total. The van der Waals surface area contributed by atoms with Gasteiger partial charge in [0.2, 0.25) is 5.91 Å². The molecule has 2 heterocycles. The molecule has 2 aliphatic rings. The van der Waals surface area contributed by atoms with Crippen molar-refractivity contribution in [1.29, 1.82) is 5.41 Å². The van der Waals surface area contributed by atoms with Crippen LogP contribution < -0.4 is 15.4 Å². The van der Waals surface area contributed by atoms with E-state index in [4.69, 9.17) is 10.1 Å². The number of amidine groups is 1. The Labute approximate surface area is 192 Å². The highest BCUT2D eigenvalue weighted by atomic mass is 32.2. The average molecular weight is 459 g/mol. The maximum Gasteiger partial charge on any atom is 0.273 e. The van der Waals surface area contributed by atoms with Gasteiger partial charge >= 0.3 is 0 Å². The number of carbonyl (C=O) groups excluding carboxylic acids is 3. The van der Waals surface area contributed by atoms with Gasteiger partial charge in [-0.25, -0.2) is 0 Å². The summed E-state index contributed by atoms with van der Waals surface area (Å²) in [5, 5.41) is 12.4. The van der Waals surface area contributed by atoms with Gasteiger partial charge in [-0.15, -0.1) is 11.8 Å². The van der Waals surface area contributed by atoms with Crippen LogP contribution in [0.4, 0.5) is 0 Å². The van der Waals surface area contributed by atoms with Crippen LogP contribution in [0.15, 0.2) is 35.5 Å². The quantitative estimate of drug-likeness (QED) is 0.228. The van der Waals surface area contributed by atoms with E-state index in [9.17, 15) is 14.4 Å². The molecule has 2 aliphatic heterocycles. The maximum atomic E-state index is 12.7. The zero-order valence-electron chi connectivity index (χ0n) is 18.7. The number of nitrogens with zero attached hydrogens (tertiary/aromatic N) is 1. The third-order valence-electron chi connectivity index (χ3n) is 5.32. The molecule has 0 unspecified atom stereocenters. The number of unbranched alkanes of at least 4 members (excludes halogenated alkanes) is 1. The summed E-state index contributed by atoms with van der Waals surface area (Å²) >= 11 is 1.52. The minimum absolute atomic E-state index is 0.0171. The van der Waals surface area contributed by atoms with E-state index in [-0.39, 0.29) is 35.1 Å². The molecular formula is C23H30N4O4S. The Balaban J connectivity index is 1.51. The highest BCUT2D eigenvalue weighted by molar-refractivity contribution is 8.00. The maximum absolute atomic E-state index is 12.7. The number of hydrogen-bond acceptors (Lipinski definition) is 6. The van der Waals surface area contributed by atoms with Gasteiger partial charge in [-0.3, -0.25) is 24.7 Å². The lowest BCUT2D eigenvalue weighted by Gasteiger charge is -2.49. The molecule has 0 radical (unpaired) electrons. The van der Waals surface area contributed by atoms with Crippen molar-refractivity contribution in [3.05, 3.63) is 41.1 Å². The molecule has 1 aromatic rings. The van der Waals surface area contributed by atoms with E-state index in [1.807, 2.05) is 24.3 Å². The normalized spacial score (nSPS) is 19.7. The fourth-order valence-corrected chi connectivity index (χ4v) is 4.91. The molecule has 0 spiro atoms. The summed E-state index contributed by atoms with van der Waals surface area (Å²) in [5.41, 5.74) is 2.10. The van der Waals surface area contributed by atoms with Gasteiger partial charge in [0.05, 0.1) is 12.4 Å². The number of β-lactam (4-membered cyclic amide) rings is 1. The summed E-state index contributed by atoms with van der Waals surface area (Å²) < 4.78 is 5.65. The summed E-state index contributed by atoms with van der Waals surface area (Å²) in [6, 6.07) is 7.08. The summed E-state index contributed by atoms with van der Waals surface area (Å²) in [6.07, 6.45) is 2.94. The van der Waals surface area contributed by atoms with Crippen LogP contribution in [-0.2, 0) is 20.8 Å². The molecule has 0 bridgehead atoms. The smallest absolute Gasteiger partial charge is 0.273 e. The molecule has 1 aromatic carbocycles. The SMILES string of the molecule is CCCCOc1ccc(CCC(=O)N[C@@H]2C(=O)N3C(C(=O)NC(C)=N)=C(C)CS[C@H]23)cc1. The Bertz CT molecular complexity index is 928. The number of carbonyl (C=O) groups is 3. The standard InChI is InChI=1S/C23H30N4O4S/c1-4-5-12-31-17-9-6-16(7-10-17)8-11-18(28)26-19-22(30)27-20(21(29)25-15(3)24)14(2)13-32-23(19)27/h6-7,9-10,19,23H,4-5,8,11-13H2,1-3H3,(H,26,28)(H2,24,25,29)/t19-,23-/m1/s1. The Morgan fingerprint density at radius 1 is 1.28 bits per heavy atom. The van der Waals surface area contributed by atoms with Crippen LogP contribution in [0.1, 0.15) is 45.6 Å². The lowest BCUT2D eigenvalue weighted by atomic mass is 10.0. The predicted octanol–water partition coefficient (Wildman–Crippen LogP) is 2.59. The van der Waals surface area contributed by atoms with Crippen molar-refractivity contribution in [2.45, 2.75) is 57.9 Å². The number of rotatable bonds is 9. The van der Waals surface area contributed by atoms with Crippen molar-refractivity contribution in [3.63, 3.8) is 0 Å². The first kappa shape index (κ1) is 23.8. The topological polar surface area (TPSA) is 112 Å². The van der Waals surface area contributed by atoms with Gasteiger partial charge in [-0.1, -0.05) is 25.5 Å². The number of fused-ring (bicyclic) bond motifs is 1. The van der Waals surface area contributed by atoms with E-state index in [0.717, 1.165) is 29.7 Å². The van der Waals surface area contributed by atoms with Gasteiger partial charge in [-0.05, 0) is 50.0 Å². The predicted molar refractivity (Wildman–Crippen MR) is 124 cm³/mol. The number of ether oxygens (including phenoxy) is 1. The first-order valence-corrected chi connectivity index (χ1v) is 11.9. The number of benzene rings is 1. The second kappa shape index (κ2) is 10.7. The zero-order chi connectivity index (χ0) is 23.3. The van der Waals surface area contributed by atoms with Crippen molar-refractivity contribution >= 4 is 35.3 Å². The molecule has 3 rings (SSSR count). The summed E-state index contributed by atoms with van der Waals surface area (Å²) in [6.45, 7) is 6.09. The number of thioether (sulfide) groups is 1. The van der Waals surface area contributed by atoms with Gasteiger partial charge in [0.25, 0.3) is 11.8 Å². The molecule has 9 heteroatoms. The third kappa shape index (κ3) is 5.51. The second-order valence-corrected chi connectivity index (χ2v) is 9.11. The van der Waals surface area contributed by atoms with Crippen molar-refractivity contribution in [2.24, 2.45) is 0 Å². The highest BCUT2D eigenvalue weighted by Crippen LogP contribution is 2.40. The van der Waals surface area contributed by atoms with E-state index in [1.54, 1.807) is 6.92 Å². The van der Waals surface area contributed by atoms with Crippen LogP contribution in [0.5, 0.6) is 5.75 Å². The van der Waals surface area contributed by atoms with E-state index in [0.29, 0.717) is 18.8 Å². The molecule has 2 atom stereocenters. The molecule has 1 fully saturated rings. The first-order valence-electron chi connectivity index (χ1n) is 10.8. The molecule has 1 saturated heterocycles. The minimum atomic E-state index is -0.640.